The number of rotatable bonds is 4. The Balaban J connectivity index is 2.21. The van der Waals surface area contributed by atoms with Crippen molar-refractivity contribution in [1.82, 2.24) is 9.55 Å². The molecule has 3 rings (SSSR count). The first kappa shape index (κ1) is 16.9. The maximum absolute atomic E-state index is 13.0. The van der Waals surface area contributed by atoms with E-state index in [-0.39, 0.29) is 5.56 Å². The van der Waals surface area contributed by atoms with Crippen molar-refractivity contribution in [1.29, 1.82) is 0 Å². The molecule has 0 aliphatic carbocycles. The Labute approximate surface area is 151 Å². The van der Waals surface area contributed by atoms with Crippen LogP contribution in [0.25, 0.3) is 21.3 Å². The lowest BCUT2D eigenvalue weighted by Gasteiger charge is -2.15. The number of hydrogen-bond donors (Lipinski definition) is 0. The standard InChI is InChI=1S/C17H15BrN2O3S/c1-3-13(17(22)23-2)20-9-19-15-14(16(20)21)12(8-24-15)10-4-6-11(18)7-5-10/h4-9,13H,3H2,1-2H3. The number of thiophene rings is 1. The zero-order valence-corrected chi connectivity index (χ0v) is 15.6. The second-order valence-electron chi connectivity index (χ2n) is 5.24. The normalized spacial score (nSPS) is 12.3. The molecule has 1 aromatic carbocycles. The summed E-state index contributed by atoms with van der Waals surface area (Å²) in [6, 6.07) is 7.07. The lowest BCUT2D eigenvalue weighted by Crippen LogP contribution is -2.30. The van der Waals surface area contributed by atoms with Crippen molar-refractivity contribution in [3.8, 4) is 11.1 Å². The van der Waals surface area contributed by atoms with Gasteiger partial charge in [-0.05, 0) is 24.1 Å². The van der Waals surface area contributed by atoms with E-state index in [0.29, 0.717) is 16.6 Å². The SMILES string of the molecule is CCC(C(=O)OC)n1cnc2scc(-c3ccc(Br)cc3)c2c1=O. The predicted molar refractivity (Wildman–Crippen MR) is 98.4 cm³/mol. The lowest BCUT2D eigenvalue weighted by molar-refractivity contribution is -0.144. The molecule has 0 aliphatic heterocycles. The largest absolute Gasteiger partial charge is 0.467 e. The minimum Gasteiger partial charge on any atom is -0.467 e. The average molecular weight is 407 g/mol. The van der Waals surface area contributed by atoms with Crippen LogP contribution >= 0.6 is 27.3 Å². The van der Waals surface area contributed by atoms with Gasteiger partial charge < -0.3 is 4.74 Å². The first-order valence-corrected chi connectivity index (χ1v) is 9.06. The quantitative estimate of drug-likeness (QED) is 0.614. The summed E-state index contributed by atoms with van der Waals surface area (Å²) in [5.74, 6) is -0.443. The summed E-state index contributed by atoms with van der Waals surface area (Å²) in [7, 11) is 1.32. The van der Waals surface area contributed by atoms with Crippen molar-refractivity contribution < 1.29 is 9.53 Å². The zero-order valence-electron chi connectivity index (χ0n) is 13.2. The average Bonchev–Trinajstić information content (AvgIpc) is 3.02. The molecule has 1 unspecified atom stereocenters. The van der Waals surface area contributed by atoms with Gasteiger partial charge in [0, 0.05) is 15.4 Å². The highest BCUT2D eigenvalue weighted by atomic mass is 79.9. The third-order valence-electron chi connectivity index (χ3n) is 3.87. The number of ether oxygens (including phenoxy) is 1. The number of carbonyl (C=O) groups is 1. The molecule has 7 heteroatoms. The van der Waals surface area contributed by atoms with Gasteiger partial charge in [0.2, 0.25) is 0 Å². The summed E-state index contributed by atoms with van der Waals surface area (Å²) < 4.78 is 7.14. The molecule has 0 N–H and O–H groups in total. The van der Waals surface area contributed by atoms with Crippen LogP contribution < -0.4 is 5.56 Å². The Kier molecular flexibility index (Phi) is 4.82. The Morgan fingerprint density at radius 2 is 2.08 bits per heavy atom. The van der Waals surface area contributed by atoms with E-state index in [9.17, 15) is 9.59 Å². The summed E-state index contributed by atoms with van der Waals surface area (Å²) >= 11 is 4.83. The van der Waals surface area contributed by atoms with Crippen LogP contribution in [0.1, 0.15) is 19.4 Å². The molecule has 0 radical (unpaired) electrons. The molecule has 2 heterocycles. The van der Waals surface area contributed by atoms with Gasteiger partial charge in [-0.3, -0.25) is 9.36 Å². The number of esters is 1. The van der Waals surface area contributed by atoms with Crippen molar-refractivity contribution in [3.05, 3.63) is 50.8 Å². The van der Waals surface area contributed by atoms with E-state index in [0.717, 1.165) is 15.6 Å². The molecule has 0 amide bonds. The van der Waals surface area contributed by atoms with Gasteiger partial charge in [0.25, 0.3) is 5.56 Å². The molecule has 3 aromatic rings. The van der Waals surface area contributed by atoms with Crippen molar-refractivity contribution in [3.63, 3.8) is 0 Å². The van der Waals surface area contributed by atoms with Gasteiger partial charge in [0.1, 0.15) is 10.9 Å². The fraction of sp³-hybridized carbons (Fsp3) is 0.235. The minimum atomic E-state index is -0.669. The van der Waals surface area contributed by atoms with Gasteiger partial charge in [0.15, 0.2) is 0 Å². The smallest absolute Gasteiger partial charge is 0.329 e. The Morgan fingerprint density at radius 3 is 2.71 bits per heavy atom. The van der Waals surface area contributed by atoms with Crippen LogP contribution in [-0.4, -0.2) is 22.6 Å². The lowest BCUT2D eigenvalue weighted by atomic mass is 10.1. The molecule has 1 atom stereocenters. The van der Waals surface area contributed by atoms with Crippen molar-refractivity contribution >= 4 is 43.5 Å². The van der Waals surface area contributed by atoms with Crippen LogP contribution in [0.5, 0.6) is 0 Å². The molecule has 0 saturated carbocycles. The molecular weight excluding hydrogens is 392 g/mol. The maximum atomic E-state index is 13.0. The molecule has 0 bridgehead atoms. The van der Waals surface area contributed by atoms with E-state index in [1.165, 1.54) is 29.3 Å². The Morgan fingerprint density at radius 1 is 1.38 bits per heavy atom. The first-order chi connectivity index (χ1) is 11.6. The Hall–Kier alpha value is -1.99. The molecule has 0 saturated heterocycles. The van der Waals surface area contributed by atoms with Gasteiger partial charge >= 0.3 is 5.97 Å². The van der Waals surface area contributed by atoms with Crippen molar-refractivity contribution in [2.45, 2.75) is 19.4 Å². The molecule has 0 spiro atoms. The Bertz CT molecular complexity index is 947. The number of carbonyl (C=O) groups excluding carboxylic acids is 1. The van der Waals surface area contributed by atoms with E-state index in [1.807, 2.05) is 36.6 Å². The fourth-order valence-electron chi connectivity index (χ4n) is 2.62. The maximum Gasteiger partial charge on any atom is 0.329 e. The molecule has 0 fully saturated rings. The van der Waals surface area contributed by atoms with Crippen LogP contribution in [-0.2, 0) is 9.53 Å². The van der Waals surface area contributed by atoms with Gasteiger partial charge in [-0.15, -0.1) is 11.3 Å². The summed E-state index contributed by atoms with van der Waals surface area (Å²) in [6.07, 6.45) is 1.88. The van der Waals surface area contributed by atoms with Crippen molar-refractivity contribution in [2.75, 3.05) is 7.11 Å². The van der Waals surface area contributed by atoms with Crippen LogP contribution in [0.15, 0.2) is 45.2 Å². The number of methoxy groups -OCH3 is 1. The molecule has 124 valence electrons. The summed E-state index contributed by atoms with van der Waals surface area (Å²) in [5.41, 5.74) is 1.54. The highest BCUT2D eigenvalue weighted by Crippen LogP contribution is 2.31. The van der Waals surface area contributed by atoms with Gasteiger partial charge in [0.05, 0.1) is 18.8 Å². The topological polar surface area (TPSA) is 61.2 Å². The van der Waals surface area contributed by atoms with Crippen LogP contribution in [0.3, 0.4) is 0 Å². The van der Waals surface area contributed by atoms with Gasteiger partial charge in [-0.25, -0.2) is 9.78 Å². The van der Waals surface area contributed by atoms with Crippen molar-refractivity contribution in [2.24, 2.45) is 0 Å². The number of nitrogens with zero attached hydrogens (tertiary/aromatic N) is 2. The highest BCUT2D eigenvalue weighted by molar-refractivity contribution is 9.10. The number of benzene rings is 1. The second kappa shape index (κ2) is 6.86. The van der Waals surface area contributed by atoms with E-state index in [1.54, 1.807) is 0 Å². The first-order valence-electron chi connectivity index (χ1n) is 7.39. The molecular formula is C17H15BrN2O3S. The van der Waals surface area contributed by atoms with E-state index in [2.05, 4.69) is 20.9 Å². The zero-order chi connectivity index (χ0) is 17.3. The monoisotopic (exact) mass is 406 g/mol. The molecule has 5 nitrogen and oxygen atoms in total. The van der Waals surface area contributed by atoms with E-state index >= 15 is 0 Å². The van der Waals surface area contributed by atoms with E-state index in [4.69, 9.17) is 4.74 Å². The van der Waals surface area contributed by atoms with Crippen LogP contribution in [0, 0.1) is 0 Å². The molecule has 2 aromatic heterocycles. The van der Waals surface area contributed by atoms with Crippen LogP contribution in [0.4, 0.5) is 0 Å². The van der Waals surface area contributed by atoms with Gasteiger partial charge in [-0.2, -0.15) is 0 Å². The number of halogens is 1. The number of hydrogen-bond acceptors (Lipinski definition) is 5. The second-order valence-corrected chi connectivity index (χ2v) is 7.01. The molecule has 0 aliphatic rings. The third-order valence-corrected chi connectivity index (χ3v) is 5.29. The third kappa shape index (κ3) is 2.89. The minimum absolute atomic E-state index is 0.226. The fourth-order valence-corrected chi connectivity index (χ4v) is 3.79. The van der Waals surface area contributed by atoms with Gasteiger partial charge in [-0.1, -0.05) is 35.0 Å². The number of fused-ring (bicyclic) bond motifs is 1. The predicted octanol–water partition coefficient (Wildman–Crippen LogP) is 4.01. The summed E-state index contributed by atoms with van der Waals surface area (Å²) in [6.45, 7) is 1.83. The summed E-state index contributed by atoms with van der Waals surface area (Å²) in [5, 5.41) is 2.46. The molecule has 24 heavy (non-hydrogen) atoms. The number of aromatic nitrogens is 2. The van der Waals surface area contributed by atoms with Crippen LogP contribution in [0.2, 0.25) is 0 Å². The summed E-state index contributed by atoms with van der Waals surface area (Å²) in [4.78, 5) is 30.0. The van der Waals surface area contributed by atoms with E-state index < -0.39 is 12.0 Å². The highest BCUT2D eigenvalue weighted by Gasteiger charge is 2.23.